The van der Waals surface area contributed by atoms with E-state index in [2.05, 4.69) is 9.97 Å². The molecule has 106 valence electrons. The summed E-state index contributed by atoms with van der Waals surface area (Å²) < 4.78 is 38.0. The monoisotopic (exact) mass is 311 g/mol. The van der Waals surface area contributed by atoms with E-state index in [1.54, 1.807) is 0 Å². The van der Waals surface area contributed by atoms with Crippen molar-refractivity contribution in [2.75, 3.05) is 18.0 Å². The van der Waals surface area contributed by atoms with Crippen LogP contribution in [0.25, 0.3) is 0 Å². The molecule has 0 aliphatic carbocycles. The first-order valence-corrected chi connectivity index (χ1v) is 7.10. The zero-order chi connectivity index (χ0) is 14.2. The third-order valence-electron chi connectivity index (χ3n) is 2.68. The van der Waals surface area contributed by atoms with E-state index in [1.165, 1.54) is 6.07 Å². The van der Waals surface area contributed by atoms with Crippen molar-refractivity contribution in [3.63, 3.8) is 0 Å². The van der Waals surface area contributed by atoms with E-state index in [9.17, 15) is 13.2 Å². The molecule has 1 fully saturated rings. The van der Waals surface area contributed by atoms with Crippen LogP contribution in [-0.4, -0.2) is 33.6 Å². The number of thioether (sulfide) groups is 1. The number of hydrogen-bond donors (Lipinski definition) is 0. The lowest BCUT2D eigenvalue weighted by Gasteiger charge is -2.35. The van der Waals surface area contributed by atoms with Crippen molar-refractivity contribution >= 4 is 29.2 Å². The zero-order valence-electron chi connectivity index (χ0n) is 10.4. The quantitative estimate of drug-likeness (QED) is 0.743. The maximum absolute atomic E-state index is 12.7. The molecule has 8 heteroatoms. The van der Waals surface area contributed by atoms with Gasteiger partial charge in [0.15, 0.2) is 0 Å². The van der Waals surface area contributed by atoms with E-state index in [0.29, 0.717) is 23.6 Å². The molecule has 0 bridgehead atoms. The Balaban J connectivity index is 2.31. The third kappa shape index (κ3) is 3.66. The SMILES string of the molecule is CC1CN(c2cc(Cl)nc(C(F)(F)F)n2)CC(C)S1. The molecule has 0 spiro atoms. The fraction of sp³-hybridized carbons (Fsp3) is 0.636. The molecule has 2 atom stereocenters. The Morgan fingerprint density at radius 3 is 2.37 bits per heavy atom. The standard InChI is InChI=1S/C11H13ClF3N3S/c1-6-4-18(5-7(2)19-6)9-3-8(12)16-10(17-9)11(13,14)15/h3,6-7H,4-5H2,1-2H3. The van der Waals surface area contributed by atoms with E-state index >= 15 is 0 Å². The molecule has 2 rings (SSSR count). The summed E-state index contributed by atoms with van der Waals surface area (Å²) in [5.74, 6) is -0.945. The van der Waals surface area contributed by atoms with Gasteiger partial charge in [0.25, 0.3) is 0 Å². The molecule has 19 heavy (non-hydrogen) atoms. The predicted octanol–water partition coefficient (Wildman–Crippen LogP) is 3.48. The molecule has 1 aliphatic heterocycles. The van der Waals surface area contributed by atoms with Crippen LogP contribution in [0.3, 0.4) is 0 Å². The predicted molar refractivity (Wildman–Crippen MR) is 70.8 cm³/mol. The van der Waals surface area contributed by atoms with Crippen LogP contribution >= 0.6 is 23.4 Å². The first-order valence-electron chi connectivity index (χ1n) is 5.78. The molecule has 0 aromatic carbocycles. The smallest absolute Gasteiger partial charge is 0.354 e. The summed E-state index contributed by atoms with van der Waals surface area (Å²) in [6.45, 7) is 5.39. The topological polar surface area (TPSA) is 29.0 Å². The summed E-state index contributed by atoms with van der Waals surface area (Å²) in [6.07, 6.45) is -4.58. The van der Waals surface area contributed by atoms with Crippen LogP contribution in [0.15, 0.2) is 6.07 Å². The molecule has 0 N–H and O–H groups in total. The molecule has 3 nitrogen and oxygen atoms in total. The van der Waals surface area contributed by atoms with Crippen molar-refractivity contribution in [3.8, 4) is 0 Å². The highest BCUT2D eigenvalue weighted by molar-refractivity contribution is 8.00. The maximum atomic E-state index is 12.7. The molecule has 1 aromatic heterocycles. The van der Waals surface area contributed by atoms with Gasteiger partial charge in [0.2, 0.25) is 5.82 Å². The summed E-state index contributed by atoms with van der Waals surface area (Å²) in [5, 5.41) is 0.495. The number of anilines is 1. The van der Waals surface area contributed by atoms with Crippen molar-refractivity contribution in [1.82, 2.24) is 9.97 Å². The van der Waals surface area contributed by atoms with Gasteiger partial charge in [-0.1, -0.05) is 25.4 Å². The molecule has 0 radical (unpaired) electrons. The van der Waals surface area contributed by atoms with E-state index in [1.807, 2.05) is 30.5 Å². The van der Waals surface area contributed by atoms with E-state index in [0.717, 1.165) is 0 Å². The van der Waals surface area contributed by atoms with Gasteiger partial charge in [0.1, 0.15) is 11.0 Å². The number of aromatic nitrogens is 2. The van der Waals surface area contributed by atoms with Gasteiger partial charge in [-0.2, -0.15) is 24.9 Å². The molecule has 1 aromatic rings. The molecule has 0 saturated carbocycles. The van der Waals surface area contributed by atoms with Crippen molar-refractivity contribution in [1.29, 1.82) is 0 Å². The van der Waals surface area contributed by atoms with Crippen LogP contribution in [0.1, 0.15) is 19.7 Å². The number of hydrogen-bond acceptors (Lipinski definition) is 4. The molecule has 1 saturated heterocycles. The Morgan fingerprint density at radius 2 is 1.84 bits per heavy atom. The van der Waals surface area contributed by atoms with Crippen molar-refractivity contribution in [2.24, 2.45) is 0 Å². The van der Waals surface area contributed by atoms with Crippen LogP contribution in [0, 0.1) is 0 Å². The number of rotatable bonds is 1. The largest absolute Gasteiger partial charge is 0.451 e. The Hall–Kier alpha value is -0.690. The van der Waals surface area contributed by atoms with Crippen LogP contribution in [0.5, 0.6) is 0 Å². The average Bonchev–Trinajstić information content (AvgIpc) is 2.25. The second-order valence-corrected chi connectivity index (χ2v) is 6.80. The minimum Gasteiger partial charge on any atom is -0.354 e. The highest BCUT2D eigenvalue weighted by Crippen LogP contribution is 2.32. The summed E-state index contributed by atoms with van der Waals surface area (Å²) in [7, 11) is 0. The molecular formula is C11H13ClF3N3S. The van der Waals surface area contributed by atoms with Crippen LogP contribution in [0.2, 0.25) is 5.15 Å². The van der Waals surface area contributed by atoms with Crippen molar-refractivity contribution in [2.45, 2.75) is 30.5 Å². The van der Waals surface area contributed by atoms with Gasteiger partial charge in [-0.25, -0.2) is 9.97 Å². The third-order valence-corrected chi connectivity index (χ3v) is 4.10. The maximum Gasteiger partial charge on any atom is 0.451 e. The summed E-state index contributed by atoms with van der Waals surface area (Å²) >= 11 is 7.48. The normalized spacial score (nSPS) is 24.6. The molecule has 2 unspecified atom stereocenters. The lowest BCUT2D eigenvalue weighted by Crippen LogP contribution is -2.41. The Kier molecular flexibility index (Phi) is 4.15. The van der Waals surface area contributed by atoms with E-state index in [4.69, 9.17) is 11.6 Å². The van der Waals surface area contributed by atoms with Gasteiger partial charge in [0.05, 0.1) is 0 Å². The van der Waals surface area contributed by atoms with Crippen molar-refractivity contribution in [3.05, 3.63) is 17.0 Å². The lowest BCUT2D eigenvalue weighted by atomic mass is 10.3. The number of nitrogens with zero attached hydrogens (tertiary/aromatic N) is 3. The average molecular weight is 312 g/mol. The Labute approximate surface area is 118 Å². The lowest BCUT2D eigenvalue weighted by molar-refractivity contribution is -0.144. The summed E-state index contributed by atoms with van der Waals surface area (Å²) in [4.78, 5) is 8.66. The fourth-order valence-electron chi connectivity index (χ4n) is 2.06. The number of halogens is 4. The van der Waals surface area contributed by atoms with Crippen LogP contribution < -0.4 is 4.90 Å². The second kappa shape index (κ2) is 5.36. The highest BCUT2D eigenvalue weighted by atomic mass is 35.5. The van der Waals surface area contributed by atoms with E-state index < -0.39 is 12.0 Å². The van der Waals surface area contributed by atoms with Gasteiger partial charge >= 0.3 is 6.18 Å². The van der Waals surface area contributed by atoms with Crippen molar-refractivity contribution < 1.29 is 13.2 Å². The minimum atomic E-state index is -4.58. The molecule has 2 heterocycles. The molecule has 1 aliphatic rings. The fourth-order valence-corrected chi connectivity index (χ4v) is 3.56. The summed E-state index contributed by atoms with van der Waals surface area (Å²) in [6, 6.07) is 1.38. The van der Waals surface area contributed by atoms with Gasteiger partial charge in [-0.05, 0) is 0 Å². The van der Waals surface area contributed by atoms with E-state index in [-0.39, 0.29) is 11.0 Å². The number of alkyl halides is 3. The molecular weight excluding hydrogens is 299 g/mol. The van der Waals surface area contributed by atoms with Gasteiger partial charge < -0.3 is 4.90 Å². The van der Waals surface area contributed by atoms with Gasteiger partial charge in [-0.15, -0.1) is 0 Å². The second-order valence-electron chi connectivity index (χ2n) is 4.53. The van der Waals surface area contributed by atoms with Crippen LogP contribution in [0.4, 0.5) is 19.0 Å². The minimum absolute atomic E-state index is 0.184. The summed E-state index contributed by atoms with van der Waals surface area (Å²) in [5.41, 5.74) is 0. The molecule has 0 amide bonds. The van der Waals surface area contributed by atoms with Crippen LogP contribution in [-0.2, 0) is 6.18 Å². The Bertz CT molecular complexity index is 459. The first kappa shape index (κ1) is 14.7. The van der Waals surface area contributed by atoms with Gasteiger partial charge in [0, 0.05) is 29.7 Å². The highest BCUT2D eigenvalue weighted by Gasteiger charge is 2.36. The van der Waals surface area contributed by atoms with Gasteiger partial charge in [-0.3, -0.25) is 0 Å². The first-order chi connectivity index (χ1) is 8.75. The zero-order valence-corrected chi connectivity index (χ0v) is 12.0. The Morgan fingerprint density at radius 1 is 1.26 bits per heavy atom.